The lowest BCUT2D eigenvalue weighted by molar-refractivity contribution is -0.308. The van der Waals surface area contributed by atoms with Crippen LogP contribution in [0, 0.1) is 17.8 Å². The molecule has 40 heavy (non-hydrogen) atoms. The van der Waals surface area contributed by atoms with Crippen LogP contribution in [0.5, 0.6) is 5.75 Å². The second-order valence-electron chi connectivity index (χ2n) is 10.9. The molecule has 1 aromatic rings. The third kappa shape index (κ3) is 5.03. The van der Waals surface area contributed by atoms with E-state index in [0.29, 0.717) is 24.0 Å². The molecule has 11 unspecified atom stereocenters. The van der Waals surface area contributed by atoms with Crippen molar-refractivity contribution in [2.24, 2.45) is 17.8 Å². The van der Waals surface area contributed by atoms with E-state index in [-0.39, 0.29) is 29.6 Å². The van der Waals surface area contributed by atoms with Crippen molar-refractivity contribution < 1.29 is 54.1 Å². The molecule has 5 N–H and O–H groups in total. The third-order valence-corrected chi connectivity index (χ3v) is 8.51. The molecule has 216 valence electrons. The van der Waals surface area contributed by atoms with Crippen LogP contribution >= 0.6 is 0 Å². The number of ether oxygens (including phenoxy) is 4. The lowest BCUT2D eigenvalue weighted by Crippen LogP contribution is -2.59. The van der Waals surface area contributed by atoms with Gasteiger partial charge in [0, 0.05) is 17.1 Å². The number of esters is 1. The summed E-state index contributed by atoms with van der Waals surface area (Å²) in [7, 11) is 0. The van der Waals surface area contributed by atoms with E-state index in [4.69, 9.17) is 18.9 Å². The molecular formula is C29H34O11. The Kier molecular flexibility index (Phi) is 7.99. The highest BCUT2D eigenvalue weighted by molar-refractivity contribution is 5.97. The number of hydrogen-bond donors (Lipinski definition) is 5. The smallest absolute Gasteiger partial charge is 0.334 e. The highest BCUT2D eigenvalue weighted by Gasteiger charge is 2.57. The fourth-order valence-corrected chi connectivity index (χ4v) is 6.30. The molecule has 5 rings (SSSR count). The van der Waals surface area contributed by atoms with Crippen molar-refractivity contribution in [2.75, 3.05) is 13.2 Å². The van der Waals surface area contributed by atoms with Gasteiger partial charge in [0.2, 0.25) is 0 Å². The highest BCUT2D eigenvalue weighted by Crippen LogP contribution is 2.53. The molecule has 11 heteroatoms. The number of Topliss-reactive ketones (excluding diaryl/α,β-unsaturated/α-hetero) is 1. The van der Waals surface area contributed by atoms with Gasteiger partial charge in [-0.3, -0.25) is 4.79 Å². The number of aliphatic hydroxyl groups excluding tert-OH is 4. The Balaban J connectivity index is 1.33. The standard InChI is InChI=1S/C29H34O11/c1-12-8-20(37-11-18(32)15-4-6-16(31)7-5-15)23-14(3)28(36)40-27(23)22-13(2)19(9-17(12)22)38-29-26(35)25(34)24(33)21(10-30)39-29/h4-7,17,19-27,29-31,33-35H,1-3,8-11H2. The summed E-state index contributed by atoms with van der Waals surface area (Å²) >= 11 is 0. The lowest BCUT2D eigenvalue weighted by atomic mass is 9.81. The number of aromatic hydroxyl groups is 1. The predicted octanol–water partition coefficient (Wildman–Crippen LogP) is 0.395. The first-order chi connectivity index (χ1) is 19.0. The fourth-order valence-electron chi connectivity index (χ4n) is 6.30. The molecule has 4 fully saturated rings. The first-order valence-corrected chi connectivity index (χ1v) is 13.2. The van der Waals surface area contributed by atoms with Crippen molar-refractivity contribution >= 4 is 11.8 Å². The Morgan fingerprint density at radius 3 is 2.40 bits per heavy atom. The van der Waals surface area contributed by atoms with Gasteiger partial charge in [0.15, 0.2) is 12.1 Å². The van der Waals surface area contributed by atoms with Crippen LogP contribution < -0.4 is 0 Å². The topological polar surface area (TPSA) is 172 Å². The number of hydrogen-bond acceptors (Lipinski definition) is 11. The van der Waals surface area contributed by atoms with E-state index < -0.39 is 73.4 Å². The Labute approximate surface area is 230 Å². The molecule has 11 atom stereocenters. The van der Waals surface area contributed by atoms with Gasteiger partial charge in [0.05, 0.1) is 24.7 Å². The largest absolute Gasteiger partial charge is 0.508 e. The summed E-state index contributed by atoms with van der Waals surface area (Å²) in [6.07, 6.45) is -8.43. The second-order valence-corrected chi connectivity index (χ2v) is 10.9. The highest BCUT2D eigenvalue weighted by atomic mass is 16.7. The molecule has 0 spiro atoms. The van der Waals surface area contributed by atoms with Gasteiger partial charge in [-0.25, -0.2) is 4.79 Å². The van der Waals surface area contributed by atoms with Crippen LogP contribution in [-0.4, -0.2) is 99.5 Å². The molecule has 2 saturated heterocycles. The maximum absolute atomic E-state index is 12.7. The van der Waals surface area contributed by atoms with E-state index in [2.05, 4.69) is 19.7 Å². The van der Waals surface area contributed by atoms with Crippen molar-refractivity contribution in [2.45, 2.75) is 61.9 Å². The summed E-state index contributed by atoms with van der Waals surface area (Å²) in [6.45, 7) is 11.6. The summed E-state index contributed by atoms with van der Waals surface area (Å²) < 4.78 is 23.4. The molecule has 1 aromatic carbocycles. The molecule has 2 saturated carbocycles. The number of carbonyl (C=O) groups is 2. The number of ketones is 1. The Bertz CT molecular complexity index is 1190. The molecule has 0 radical (unpaired) electrons. The lowest BCUT2D eigenvalue weighted by Gasteiger charge is -2.40. The Hall–Kier alpha value is -2.90. The average Bonchev–Trinajstić information content (AvgIpc) is 3.37. The monoisotopic (exact) mass is 558 g/mol. The van der Waals surface area contributed by atoms with Crippen LogP contribution in [0.4, 0.5) is 0 Å². The zero-order chi connectivity index (χ0) is 28.9. The molecular weight excluding hydrogens is 524 g/mol. The second kappa shape index (κ2) is 11.2. The number of fused-ring (bicyclic) bond motifs is 3. The van der Waals surface area contributed by atoms with Crippen LogP contribution in [0.2, 0.25) is 0 Å². The minimum Gasteiger partial charge on any atom is -0.508 e. The van der Waals surface area contributed by atoms with E-state index in [1.165, 1.54) is 24.3 Å². The molecule has 2 aliphatic carbocycles. The van der Waals surface area contributed by atoms with Crippen LogP contribution in [-0.2, 0) is 23.7 Å². The van der Waals surface area contributed by atoms with Gasteiger partial charge in [-0.15, -0.1) is 0 Å². The first kappa shape index (κ1) is 28.6. The van der Waals surface area contributed by atoms with Crippen LogP contribution in [0.1, 0.15) is 23.2 Å². The fraction of sp³-hybridized carbons (Fsp3) is 0.517. The molecule has 0 amide bonds. The zero-order valence-corrected chi connectivity index (χ0v) is 21.8. The number of benzene rings is 1. The third-order valence-electron chi connectivity index (χ3n) is 8.51. The summed E-state index contributed by atoms with van der Waals surface area (Å²) in [4.78, 5) is 25.4. The van der Waals surface area contributed by atoms with Crippen molar-refractivity contribution in [3.05, 3.63) is 66.3 Å². The molecule has 11 nitrogen and oxygen atoms in total. The molecule has 0 bridgehead atoms. The normalized spacial score (nSPS) is 39.5. The minimum absolute atomic E-state index is 0.0406. The van der Waals surface area contributed by atoms with Gasteiger partial charge in [-0.1, -0.05) is 25.3 Å². The van der Waals surface area contributed by atoms with E-state index in [1.807, 2.05) is 0 Å². The number of rotatable bonds is 7. The van der Waals surface area contributed by atoms with Gasteiger partial charge >= 0.3 is 5.97 Å². The van der Waals surface area contributed by atoms with Gasteiger partial charge in [0.25, 0.3) is 0 Å². The van der Waals surface area contributed by atoms with Gasteiger partial charge in [-0.05, 0) is 48.6 Å². The van der Waals surface area contributed by atoms with Gasteiger partial charge in [-0.2, -0.15) is 0 Å². The van der Waals surface area contributed by atoms with Gasteiger partial charge in [0.1, 0.15) is 42.9 Å². The van der Waals surface area contributed by atoms with Crippen LogP contribution in [0.15, 0.2) is 60.7 Å². The van der Waals surface area contributed by atoms with Crippen molar-refractivity contribution in [3.63, 3.8) is 0 Å². The SMILES string of the molecule is C=C1CC(OCC(=O)c2ccc(O)cc2)C2C(=C)C(=O)OC2C2C(=C)C(OC3OC(CO)C(O)C(O)C3O)CC12. The maximum atomic E-state index is 12.7. The summed E-state index contributed by atoms with van der Waals surface area (Å²) in [5.41, 5.74) is 1.96. The molecule has 0 aromatic heterocycles. The quantitative estimate of drug-likeness (QED) is 0.136. The van der Waals surface area contributed by atoms with E-state index >= 15 is 0 Å². The summed E-state index contributed by atoms with van der Waals surface area (Å²) in [6, 6.07) is 5.83. The maximum Gasteiger partial charge on any atom is 0.334 e. The Morgan fingerprint density at radius 2 is 1.73 bits per heavy atom. The average molecular weight is 559 g/mol. The molecule has 2 heterocycles. The summed E-state index contributed by atoms with van der Waals surface area (Å²) in [5, 5.41) is 49.7. The molecule has 4 aliphatic rings. The van der Waals surface area contributed by atoms with Crippen molar-refractivity contribution in [1.29, 1.82) is 0 Å². The summed E-state index contributed by atoms with van der Waals surface area (Å²) in [5.74, 6) is -2.05. The van der Waals surface area contributed by atoms with E-state index in [9.17, 15) is 35.1 Å². The van der Waals surface area contributed by atoms with Crippen molar-refractivity contribution in [1.82, 2.24) is 0 Å². The van der Waals surface area contributed by atoms with E-state index in [0.717, 1.165) is 5.57 Å². The number of phenolic OH excluding ortho intramolecular Hbond substituents is 1. The van der Waals surface area contributed by atoms with Gasteiger partial charge < -0.3 is 44.5 Å². The first-order valence-electron chi connectivity index (χ1n) is 13.2. The van der Waals surface area contributed by atoms with Crippen molar-refractivity contribution in [3.8, 4) is 5.75 Å². The minimum atomic E-state index is -1.59. The zero-order valence-electron chi connectivity index (χ0n) is 21.8. The number of carbonyl (C=O) groups excluding carboxylic acids is 2. The number of phenols is 1. The molecule has 2 aliphatic heterocycles. The van der Waals surface area contributed by atoms with Crippen LogP contribution in [0.25, 0.3) is 0 Å². The number of aliphatic hydroxyl groups is 4. The van der Waals surface area contributed by atoms with E-state index in [1.54, 1.807) is 0 Å². The predicted molar refractivity (Wildman–Crippen MR) is 138 cm³/mol. The Morgan fingerprint density at radius 1 is 1.02 bits per heavy atom. The van der Waals surface area contributed by atoms with Crippen LogP contribution in [0.3, 0.4) is 0 Å².